The zero-order chi connectivity index (χ0) is 17.1. The van der Waals surface area contributed by atoms with Crippen LogP contribution in [0.15, 0.2) is 15.8 Å². The molecule has 0 radical (unpaired) electrons. The van der Waals surface area contributed by atoms with Crippen molar-refractivity contribution in [2.24, 2.45) is 0 Å². The number of carbonyl (C=O) groups is 2. The number of nitrogens with zero attached hydrogens (tertiary/aromatic N) is 1. The van der Waals surface area contributed by atoms with E-state index in [0.717, 1.165) is 4.57 Å². The van der Waals surface area contributed by atoms with Gasteiger partial charge in [-0.1, -0.05) is 0 Å². The SMILES string of the molecule is CC(=O)OC[C@H]1O[C@@H](n2cc(F)c(=O)[nH]c2=O)C[C@@H]1OC(C)=O. The summed E-state index contributed by atoms with van der Waals surface area (Å²) in [6, 6.07) is 0. The first-order chi connectivity index (χ1) is 10.8. The van der Waals surface area contributed by atoms with Crippen molar-refractivity contribution in [3.8, 4) is 0 Å². The predicted octanol–water partition coefficient (Wildman–Crippen LogP) is -0.542. The molecule has 1 aromatic heterocycles. The van der Waals surface area contributed by atoms with Gasteiger partial charge in [-0.2, -0.15) is 4.39 Å². The quantitative estimate of drug-likeness (QED) is 0.737. The number of carbonyl (C=O) groups excluding carboxylic acids is 2. The van der Waals surface area contributed by atoms with Gasteiger partial charge in [0.25, 0.3) is 5.56 Å². The van der Waals surface area contributed by atoms with Crippen LogP contribution in [0.5, 0.6) is 0 Å². The number of rotatable bonds is 4. The molecule has 3 atom stereocenters. The van der Waals surface area contributed by atoms with Crippen molar-refractivity contribution >= 4 is 11.9 Å². The lowest BCUT2D eigenvalue weighted by molar-refractivity contribution is -0.155. The van der Waals surface area contributed by atoms with Crippen molar-refractivity contribution in [2.75, 3.05) is 6.61 Å². The van der Waals surface area contributed by atoms with E-state index in [1.54, 1.807) is 0 Å². The molecule has 0 aliphatic carbocycles. The monoisotopic (exact) mass is 330 g/mol. The zero-order valence-electron chi connectivity index (χ0n) is 12.4. The van der Waals surface area contributed by atoms with Gasteiger partial charge in [0, 0.05) is 20.3 Å². The van der Waals surface area contributed by atoms with E-state index in [0.29, 0.717) is 6.20 Å². The molecule has 1 aromatic rings. The van der Waals surface area contributed by atoms with Crippen LogP contribution in [0.2, 0.25) is 0 Å². The minimum absolute atomic E-state index is 0.0386. The summed E-state index contributed by atoms with van der Waals surface area (Å²) in [5.41, 5.74) is -2.01. The third kappa shape index (κ3) is 4.03. The maximum Gasteiger partial charge on any atom is 0.330 e. The van der Waals surface area contributed by atoms with E-state index >= 15 is 0 Å². The molecular formula is C13H15FN2O7. The molecular weight excluding hydrogens is 315 g/mol. The number of ether oxygens (including phenoxy) is 3. The molecule has 2 heterocycles. The van der Waals surface area contributed by atoms with Crippen molar-refractivity contribution in [1.82, 2.24) is 9.55 Å². The molecule has 0 amide bonds. The number of aromatic amines is 1. The Hall–Kier alpha value is -2.49. The van der Waals surface area contributed by atoms with E-state index in [1.165, 1.54) is 13.8 Å². The van der Waals surface area contributed by atoms with E-state index in [4.69, 9.17) is 14.2 Å². The van der Waals surface area contributed by atoms with Crippen LogP contribution < -0.4 is 11.2 Å². The minimum atomic E-state index is -1.15. The van der Waals surface area contributed by atoms with E-state index in [2.05, 4.69) is 0 Å². The van der Waals surface area contributed by atoms with Crippen molar-refractivity contribution in [2.45, 2.75) is 38.7 Å². The smallest absolute Gasteiger partial charge is 0.330 e. The Labute approximate surface area is 129 Å². The van der Waals surface area contributed by atoms with E-state index < -0.39 is 47.4 Å². The third-order valence-corrected chi connectivity index (χ3v) is 3.18. The second-order valence-corrected chi connectivity index (χ2v) is 4.96. The Kier molecular flexibility index (Phi) is 4.94. The molecule has 2 rings (SSSR count). The molecule has 1 N–H and O–H groups in total. The summed E-state index contributed by atoms with van der Waals surface area (Å²) >= 11 is 0. The average Bonchev–Trinajstić information content (AvgIpc) is 2.82. The first-order valence-electron chi connectivity index (χ1n) is 6.75. The lowest BCUT2D eigenvalue weighted by atomic mass is 10.2. The number of halogens is 1. The van der Waals surface area contributed by atoms with Crippen LogP contribution in [0, 0.1) is 5.82 Å². The standard InChI is InChI=1S/C13H15FN2O7/c1-6(17)21-5-10-9(22-7(2)18)3-11(23-10)16-4-8(14)12(19)15-13(16)20/h4,9-11H,3,5H2,1-2H3,(H,15,19,20)/t9-,10+,11+/m0/s1. The molecule has 0 aromatic carbocycles. The highest BCUT2D eigenvalue weighted by molar-refractivity contribution is 5.66. The van der Waals surface area contributed by atoms with Gasteiger partial charge in [-0.05, 0) is 0 Å². The molecule has 1 saturated heterocycles. The molecule has 1 aliphatic heterocycles. The van der Waals surface area contributed by atoms with Crippen molar-refractivity contribution in [1.29, 1.82) is 0 Å². The largest absolute Gasteiger partial charge is 0.463 e. The summed E-state index contributed by atoms with van der Waals surface area (Å²) < 4.78 is 29.6. The maximum atomic E-state index is 13.4. The van der Waals surface area contributed by atoms with Gasteiger partial charge in [-0.3, -0.25) is 23.9 Å². The Bertz CT molecular complexity index is 726. The Morgan fingerprint density at radius 3 is 2.70 bits per heavy atom. The highest BCUT2D eigenvalue weighted by Crippen LogP contribution is 2.30. The summed E-state index contributed by atoms with van der Waals surface area (Å²) in [4.78, 5) is 46.6. The first kappa shape index (κ1) is 16.9. The van der Waals surface area contributed by atoms with Gasteiger partial charge in [0.2, 0.25) is 5.82 Å². The molecule has 23 heavy (non-hydrogen) atoms. The average molecular weight is 330 g/mol. The normalized spacial score (nSPS) is 23.5. The number of esters is 2. The highest BCUT2D eigenvalue weighted by Gasteiger charge is 2.39. The summed E-state index contributed by atoms with van der Waals surface area (Å²) in [5, 5.41) is 0. The van der Waals surface area contributed by atoms with Crippen LogP contribution in [0.4, 0.5) is 4.39 Å². The van der Waals surface area contributed by atoms with Crippen molar-refractivity contribution in [3.05, 3.63) is 32.9 Å². The fourth-order valence-corrected chi connectivity index (χ4v) is 2.23. The Morgan fingerprint density at radius 2 is 2.09 bits per heavy atom. The Morgan fingerprint density at radius 1 is 1.39 bits per heavy atom. The molecule has 0 spiro atoms. The summed E-state index contributed by atoms with van der Waals surface area (Å²) in [5.74, 6) is -2.28. The molecule has 1 aliphatic rings. The lowest BCUT2D eigenvalue weighted by Crippen LogP contribution is -2.34. The number of hydrogen-bond donors (Lipinski definition) is 1. The van der Waals surface area contributed by atoms with Gasteiger partial charge in [-0.25, -0.2) is 4.79 Å². The van der Waals surface area contributed by atoms with Crippen molar-refractivity contribution in [3.63, 3.8) is 0 Å². The summed E-state index contributed by atoms with van der Waals surface area (Å²) in [6.45, 7) is 2.21. The van der Waals surface area contributed by atoms with Crippen LogP contribution in [-0.2, 0) is 23.8 Å². The molecule has 0 bridgehead atoms. The van der Waals surface area contributed by atoms with E-state index in [9.17, 15) is 23.6 Å². The van der Waals surface area contributed by atoms with Gasteiger partial charge in [0.1, 0.15) is 25.0 Å². The van der Waals surface area contributed by atoms with Crippen LogP contribution in [0.3, 0.4) is 0 Å². The van der Waals surface area contributed by atoms with Gasteiger partial charge in [-0.15, -0.1) is 0 Å². The highest BCUT2D eigenvalue weighted by atomic mass is 19.1. The first-order valence-corrected chi connectivity index (χ1v) is 6.75. The lowest BCUT2D eigenvalue weighted by Gasteiger charge is -2.17. The summed E-state index contributed by atoms with van der Waals surface area (Å²) in [6.07, 6.45) is -1.81. The number of aromatic nitrogens is 2. The Balaban J connectivity index is 2.23. The molecule has 1 fully saturated rings. The fourth-order valence-electron chi connectivity index (χ4n) is 2.23. The second kappa shape index (κ2) is 6.73. The number of hydrogen-bond acceptors (Lipinski definition) is 7. The molecule has 0 saturated carbocycles. The molecule has 126 valence electrons. The topological polar surface area (TPSA) is 117 Å². The van der Waals surface area contributed by atoms with E-state index in [-0.39, 0.29) is 13.0 Å². The van der Waals surface area contributed by atoms with Crippen LogP contribution in [0.1, 0.15) is 26.5 Å². The van der Waals surface area contributed by atoms with Gasteiger partial charge >= 0.3 is 17.6 Å². The van der Waals surface area contributed by atoms with E-state index in [1.807, 2.05) is 4.98 Å². The molecule has 9 nitrogen and oxygen atoms in total. The van der Waals surface area contributed by atoms with Gasteiger partial charge in [0.05, 0.1) is 6.20 Å². The summed E-state index contributed by atoms with van der Waals surface area (Å²) in [7, 11) is 0. The van der Waals surface area contributed by atoms with Crippen molar-refractivity contribution < 1.29 is 28.2 Å². The van der Waals surface area contributed by atoms with Crippen LogP contribution in [0.25, 0.3) is 0 Å². The predicted molar refractivity (Wildman–Crippen MR) is 72.0 cm³/mol. The molecule has 0 unspecified atom stereocenters. The zero-order valence-corrected chi connectivity index (χ0v) is 12.4. The fraction of sp³-hybridized carbons (Fsp3) is 0.538. The maximum absolute atomic E-state index is 13.4. The van der Waals surface area contributed by atoms with Crippen LogP contribution in [-0.4, -0.2) is 40.3 Å². The molecule has 10 heteroatoms. The number of H-pyrrole nitrogens is 1. The van der Waals surface area contributed by atoms with Gasteiger partial charge < -0.3 is 14.2 Å². The number of nitrogens with one attached hydrogen (secondary N) is 1. The van der Waals surface area contributed by atoms with Crippen LogP contribution >= 0.6 is 0 Å². The minimum Gasteiger partial charge on any atom is -0.463 e. The second-order valence-electron chi connectivity index (χ2n) is 4.96. The van der Waals surface area contributed by atoms with Gasteiger partial charge in [0.15, 0.2) is 0 Å². The third-order valence-electron chi connectivity index (χ3n) is 3.18.